The second-order valence-corrected chi connectivity index (χ2v) is 3.40. The van der Waals surface area contributed by atoms with Crippen LogP contribution in [0.2, 0.25) is 5.02 Å². The van der Waals surface area contributed by atoms with E-state index in [1.807, 2.05) is 0 Å². The van der Waals surface area contributed by atoms with E-state index in [2.05, 4.69) is 10.2 Å². The minimum absolute atomic E-state index is 0.0661. The minimum atomic E-state index is -1.21. The van der Waals surface area contributed by atoms with Gasteiger partial charge in [0.15, 0.2) is 5.69 Å². The van der Waals surface area contributed by atoms with E-state index in [0.717, 1.165) is 0 Å². The Kier molecular flexibility index (Phi) is 2.62. The molecule has 16 heavy (non-hydrogen) atoms. The molecule has 0 unspecified atom stereocenters. The van der Waals surface area contributed by atoms with Gasteiger partial charge in [0, 0.05) is 5.39 Å². The number of fused-ring (bicyclic) bond motifs is 1. The van der Waals surface area contributed by atoms with Gasteiger partial charge < -0.3 is 9.84 Å². The smallest absolute Gasteiger partial charge is 0.358 e. The standard InChI is InChI=1S/C10H7ClN2O3/c1-16-6-4-2-3-5-7(11)9(10(14)15)13-12-8(5)6/h2-4H,1H3,(H,14,15). The Labute approximate surface area is 95.6 Å². The second-order valence-electron chi connectivity index (χ2n) is 3.02. The fourth-order valence-corrected chi connectivity index (χ4v) is 1.65. The van der Waals surface area contributed by atoms with Crippen molar-refractivity contribution in [2.75, 3.05) is 7.11 Å². The average Bonchev–Trinajstić information content (AvgIpc) is 2.28. The van der Waals surface area contributed by atoms with Gasteiger partial charge in [-0.3, -0.25) is 0 Å². The Morgan fingerprint density at radius 2 is 2.19 bits per heavy atom. The van der Waals surface area contributed by atoms with Gasteiger partial charge in [-0.25, -0.2) is 4.79 Å². The molecule has 0 saturated carbocycles. The number of hydrogen-bond donors (Lipinski definition) is 1. The highest BCUT2D eigenvalue weighted by molar-refractivity contribution is 6.37. The summed E-state index contributed by atoms with van der Waals surface area (Å²) in [6, 6.07) is 5.08. The zero-order valence-electron chi connectivity index (χ0n) is 8.27. The number of hydrogen-bond acceptors (Lipinski definition) is 4. The summed E-state index contributed by atoms with van der Waals surface area (Å²) < 4.78 is 5.07. The molecule has 0 aliphatic carbocycles. The van der Waals surface area contributed by atoms with E-state index in [0.29, 0.717) is 16.7 Å². The highest BCUT2D eigenvalue weighted by atomic mass is 35.5. The summed E-state index contributed by atoms with van der Waals surface area (Å²) >= 11 is 5.93. The van der Waals surface area contributed by atoms with Crippen molar-refractivity contribution in [2.24, 2.45) is 0 Å². The number of benzene rings is 1. The third-order valence-electron chi connectivity index (χ3n) is 2.12. The molecule has 5 nitrogen and oxygen atoms in total. The number of rotatable bonds is 2. The summed E-state index contributed by atoms with van der Waals surface area (Å²) in [5.41, 5.74) is 0.183. The molecule has 0 aliphatic heterocycles. The van der Waals surface area contributed by atoms with Crippen LogP contribution in [0, 0.1) is 0 Å². The SMILES string of the molecule is COc1cccc2c(Cl)c(C(=O)O)nnc12. The van der Waals surface area contributed by atoms with E-state index in [9.17, 15) is 4.79 Å². The maximum Gasteiger partial charge on any atom is 0.358 e. The molecule has 0 bridgehead atoms. The third kappa shape index (κ3) is 1.55. The quantitative estimate of drug-likeness (QED) is 0.866. The molecule has 0 fully saturated rings. The Morgan fingerprint density at radius 1 is 1.44 bits per heavy atom. The molecular formula is C10H7ClN2O3. The molecule has 2 aromatic rings. The van der Waals surface area contributed by atoms with Crippen molar-refractivity contribution >= 4 is 28.5 Å². The lowest BCUT2D eigenvalue weighted by atomic mass is 10.2. The van der Waals surface area contributed by atoms with Crippen LogP contribution in [-0.4, -0.2) is 28.4 Å². The Morgan fingerprint density at radius 3 is 2.81 bits per heavy atom. The van der Waals surface area contributed by atoms with Crippen LogP contribution >= 0.6 is 11.6 Å². The fourth-order valence-electron chi connectivity index (χ4n) is 1.38. The zero-order chi connectivity index (χ0) is 11.7. The Bertz CT molecular complexity index is 571. The number of halogens is 1. The third-order valence-corrected chi connectivity index (χ3v) is 2.50. The van der Waals surface area contributed by atoms with Crippen LogP contribution < -0.4 is 4.74 Å². The molecule has 6 heteroatoms. The first-order valence-electron chi connectivity index (χ1n) is 4.37. The van der Waals surface area contributed by atoms with Gasteiger partial charge in [0.05, 0.1) is 12.1 Å². The number of nitrogens with zero attached hydrogens (tertiary/aromatic N) is 2. The normalized spacial score (nSPS) is 10.4. The van der Waals surface area contributed by atoms with Crippen molar-refractivity contribution in [3.63, 3.8) is 0 Å². The molecule has 0 spiro atoms. The molecule has 1 heterocycles. The second kappa shape index (κ2) is 3.94. The van der Waals surface area contributed by atoms with Crippen molar-refractivity contribution < 1.29 is 14.6 Å². The molecule has 82 valence electrons. The van der Waals surface area contributed by atoms with Crippen molar-refractivity contribution in [2.45, 2.75) is 0 Å². The summed E-state index contributed by atoms with van der Waals surface area (Å²) in [6.07, 6.45) is 0. The Hall–Kier alpha value is -1.88. The van der Waals surface area contributed by atoms with Crippen LogP contribution in [0.25, 0.3) is 10.9 Å². The highest BCUT2D eigenvalue weighted by Gasteiger charge is 2.16. The minimum Gasteiger partial charge on any atom is -0.494 e. The van der Waals surface area contributed by atoms with E-state index >= 15 is 0 Å². The number of methoxy groups -OCH3 is 1. The summed E-state index contributed by atoms with van der Waals surface area (Å²) in [5, 5.41) is 16.8. The fraction of sp³-hybridized carbons (Fsp3) is 0.100. The molecule has 1 N–H and O–H groups in total. The van der Waals surface area contributed by atoms with Crippen molar-refractivity contribution in [3.05, 3.63) is 28.9 Å². The molecule has 1 aromatic carbocycles. The lowest BCUT2D eigenvalue weighted by Gasteiger charge is -2.05. The summed E-state index contributed by atoms with van der Waals surface area (Å²) in [4.78, 5) is 10.8. The molecule has 0 aliphatic rings. The maximum atomic E-state index is 10.8. The lowest BCUT2D eigenvalue weighted by Crippen LogP contribution is -2.04. The zero-order valence-corrected chi connectivity index (χ0v) is 9.02. The summed E-state index contributed by atoms with van der Waals surface area (Å²) in [6.45, 7) is 0. The molecule has 0 amide bonds. The van der Waals surface area contributed by atoms with Gasteiger partial charge in [0.25, 0.3) is 0 Å². The topological polar surface area (TPSA) is 72.3 Å². The van der Waals surface area contributed by atoms with E-state index in [-0.39, 0.29) is 10.7 Å². The van der Waals surface area contributed by atoms with E-state index in [1.54, 1.807) is 18.2 Å². The maximum absolute atomic E-state index is 10.8. The first-order valence-corrected chi connectivity index (χ1v) is 4.75. The van der Waals surface area contributed by atoms with Crippen LogP contribution in [0.15, 0.2) is 18.2 Å². The van der Waals surface area contributed by atoms with Gasteiger partial charge >= 0.3 is 5.97 Å². The Balaban J connectivity index is 2.81. The van der Waals surface area contributed by atoms with Crippen LogP contribution in [0.4, 0.5) is 0 Å². The lowest BCUT2D eigenvalue weighted by molar-refractivity contribution is 0.0689. The molecule has 0 saturated heterocycles. The number of aromatic nitrogens is 2. The number of carbonyl (C=O) groups is 1. The number of ether oxygens (including phenoxy) is 1. The van der Waals surface area contributed by atoms with Crippen LogP contribution in [-0.2, 0) is 0 Å². The van der Waals surface area contributed by atoms with E-state index in [4.69, 9.17) is 21.4 Å². The molecular weight excluding hydrogens is 232 g/mol. The van der Waals surface area contributed by atoms with Crippen LogP contribution in [0.3, 0.4) is 0 Å². The van der Waals surface area contributed by atoms with Gasteiger partial charge in [-0.15, -0.1) is 10.2 Å². The van der Waals surface area contributed by atoms with E-state index in [1.165, 1.54) is 7.11 Å². The van der Waals surface area contributed by atoms with Gasteiger partial charge in [0.2, 0.25) is 0 Å². The van der Waals surface area contributed by atoms with Gasteiger partial charge in [-0.1, -0.05) is 23.7 Å². The van der Waals surface area contributed by atoms with Crippen LogP contribution in [0.5, 0.6) is 5.75 Å². The predicted molar refractivity (Wildman–Crippen MR) is 58.1 cm³/mol. The largest absolute Gasteiger partial charge is 0.494 e. The molecule has 1 aromatic heterocycles. The molecule has 0 atom stereocenters. The van der Waals surface area contributed by atoms with Crippen molar-refractivity contribution in [1.29, 1.82) is 0 Å². The number of aromatic carboxylic acids is 1. The highest BCUT2D eigenvalue weighted by Crippen LogP contribution is 2.29. The van der Waals surface area contributed by atoms with Crippen LogP contribution in [0.1, 0.15) is 10.5 Å². The van der Waals surface area contributed by atoms with E-state index < -0.39 is 5.97 Å². The van der Waals surface area contributed by atoms with Crippen molar-refractivity contribution in [1.82, 2.24) is 10.2 Å². The predicted octanol–water partition coefficient (Wildman–Crippen LogP) is 1.99. The summed E-state index contributed by atoms with van der Waals surface area (Å²) in [5.74, 6) is -0.703. The monoisotopic (exact) mass is 238 g/mol. The van der Waals surface area contributed by atoms with Gasteiger partial charge in [0.1, 0.15) is 11.3 Å². The van der Waals surface area contributed by atoms with Gasteiger partial charge in [-0.2, -0.15) is 0 Å². The first kappa shape index (κ1) is 10.6. The van der Waals surface area contributed by atoms with Crippen molar-refractivity contribution in [3.8, 4) is 5.75 Å². The molecule has 0 radical (unpaired) electrons. The first-order chi connectivity index (χ1) is 7.65. The number of carboxylic acid groups (broad SMARTS) is 1. The average molecular weight is 239 g/mol. The number of carboxylic acids is 1. The summed E-state index contributed by atoms with van der Waals surface area (Å²) in [7, 11) is 1.50. The van der Waals surface area contributed by atoms with Gasteiger partial charge in [-0.05, 0) is 6.07 Å². The molecule has 2 rings (SSSR count).